The molecule has 2 aromatic heterocycles. The minimum Gasteiger partial charge on any atom is -0.491 e. The molecular formula is C19H19BrN2O3S. The standard InChI is InChI=1S/C19H19BrN2O3S/c20-12-4-3-5-14(8-12)25-10-13(23)9-22-11-21-18-17(19(22)24)15-6-1-2-7-16(15)26-18/h3-5,8,11,13,23H,1-2,6-7,9-10H2/t13-/m0/s1. The monoisotopic (exact) mass is 434 g/mol. The molecule has 0 radical (unpaired) electrons. The Kier molecular flexibility index (Phi) is 5.11. The lowest BCUT2D eigenvalue weighted by Crippen LogP contribution is -2.30. The van der Waals surface area contributed by atoms with Crippen molar-refractivity contribution in [1.82, 2.24) is 9.55 Å². The number of hydrogen-bond acceptors (Lipinski definition) is 5. The Morgan fingerprint density at radius 3 is 3.04 bits per heavy atom. The van der Waals surface area contributed by atoms with Gasteiger partial charge in [0.2, 0.25) is 0 Å². The number of halogens is 1. The molecule has 26 heavy (non-hydrogen) atoms. The van der Waals surface area contributed by atoms with Gasteiger partial charge in [0, 0.05) is 9.35 Å². The lowest BCUT2D eigenvalue weighted by atomic mass is 9.97. The second kappa shape index (κ2) is 7.50. The molecule has 0 unspecified atom stereocenters. The summed E-state index contributed by atoms with van der Waals surface area (Å²) in [6.45, 7) is 0.281. The number of benzene rings is 1. The number of nitrogens with zero attached hydrogens (tertiary/aromatic N) is 2. The van der Waals surface area contributed by atoms with E-state index in [9.17, 15) is 9.90 Å². The number of aliphatic hydroxyl groups is 1. The molecule has 0 amide bonds. The van der Waals surface area contributed by atoms with Crippen molar-refractivity contribution in [2.75, 3.05) is 6.61 Å². The van der Waals surface area contributed by atoms with Crippen LogP contribution in [-0.2, 0) is 19.4 Å². The molecule has 0 aliphatic heterocycles. The maximum atomic E-state index is 12.9. The van der Waals surface area contributed by atoms with E-state index in [-0.39, 0.29) is 18.7 Å². The first-order chi connectivity index (χ1) is 12.6. The lowest BCUT2D eigenvalue weighted by molar-refractivity contribution is 0.0914. The highest BCUT2D eigenvalue weighted by Crippen LogP contribution is 2.33. The zero-order valence-corrected chi connectivity index (χ0v) is 16.6. The maximum absolute atomic E-state index is 12.9. The van der Waals surface area contributed by atoms with E-state index in [1.807, 2.05) is 24.3 Å². The van der Waals surface area contributed by atoms with Crippen molar-refractivity contribution in [1.29, 1.82) is 0 Å². The first kappa shape index (κ1) is 17.7. The van der Waals surface area contributed by atoms with Gasteiger partial charge in [0.15, 0.2) is 0 Å². The molecule has 1 aliphatic carbocycles. The molecule has 0 saturated carbocycles. The van der Waals surface area contributed by atoms with Crippen molar-refractivity contribution in [3.63, 3.8) is 0 Å². The van der Waals surface area contributed by atoms with Gasteiger partial charge >= 0.3 is 0 Å². The second-order valence-corrected chi connectivity index (χ2v) is 8.51. The molecular weight excluding hydrogens is 416 g/mol. The van der Waals surface area contributed by atoms with Gasteiger partial charge in [0.1, 0.15) is 23.3 Å². The van der Waals surface area contributed by atoms with Crippen LogP contribution >= 0.6 is 27.3 Å². The SMILES string of the molecule is O=c1c2c3c(sc2ncn1C[C@H](O)COc1cccc(Br)c1)CCCC3. The smallest absolute Gasteiger partial charge is 0.262 e. The summed E-state index contributed by atoms with van der Waals surface area (Å²) < 4.78 is 8.02. The van der Waals surface area contributed by atoms with Crippen molar-refractivity contribution >= 4 is 37.5 Å². The summed E-state index contributed by atoms with van der Waals surface area (Å²) in [7, 11) is 0. The molecule has 2 heterocycles. The van der Waals surface area contributed by atoms with Crippen LogP contribution in [0.25, 0.3) is 10.2 Å². The molecule has 0 saturated heterocycles. The van der Waals surface area contributed by atoms with Crippen LogP contribution in [0.15, 0.2) is 39.9 Å². The summed E-state index contributed by atoms with van der Waals surface area (Å²) in [6, 6.07) is 7.44. The van der Waals surface area contributed by atoms with Gasteiger partial charge in [-0.05, 0) is 49.4 Å². The third kappa shape index (κ3) is 3.56. The van der Waals surface area contributed by atoms with Gasteiger partial charge in [0.05, 0.1) is 18.3 Å². The zero-order valence-electron chi connectivity index (χ0n) is 14.2. The van der Waals surface area contributed by atoms with Gasteiger partial charge in [-0.3, -0.25) is 9.36 Å². The number of hydrogen-bond donors (Lipinski definition) is 1. The van der Waals surface area contributed by atoms with Crippen LogP contribution in [0.2, 0.25) is 0 Å². The van der Waals surface area contributed by atoms with E-state index >= 15 is 0 Å². The lowest BCUT2D eigenvalue weighted by Gasteiger charge is -2.14. The Bertz CT molecular complexity index is 998. The quantitative estimate of drug-likeness (QED) is 0.666. The van der Waals surface area contributed by atoms with Gasteiger partial charge in [0.25, 0.3) is 5.56 Å². The molecule has 136 valence electrons. The normalized spacial score (nSPS) is 15.0. The minimum absolute atomic E-state index is 0.0593. The van der Waals surface area contributed by atoms with Gasteiger partial charge in [-0.15, -0.1) is 11.3 Å². The summed E-state index contributed by atoms with van der Waals surface area (Å²) >= 11 is 5.02. The predicted octanol–water partition coefficient (Wildman–Crippen LogP) is 3.54. The largest absolute Gasteiger partial charge is 0.491 e. The average molecular weight is 435 g/mol. The van der Waals surface area contributed by atoms with E-state index in [0.29, 0.717) is 5.75 Å². The fraction of sp³-hybridized carbons (Fsp3) is 0.368. The molecule has 1 N–H and O–H groups in total. The maximum Gasteiger partial charge on any atom is 0.262 e. The Labute approximate surface area is 163 Å². The highest BCUT2D eigenvalue weighted by Gasteiger charge is 2.20. The molecule has 1 aliphatic rings. The molecule has 4 rings (SSSR count). The highest BCUT2D eigenvalue weighted by molar-refractivity contribution is 9.10. The van der Waals surface area contributed by atoms with Crippen molar-refractivity contribution in [2.45, 2.75) is 38.3 Å². The van der Waals surface area contributed by atoms with E-state index < -0.39 is 6.10 Å². The van der Waals surface area contributed by atoms with E-state index in [2.05, 4.69) is 20.9 Å². The second-order valence-electron chi connectivity index (χ2n) is 6.52. The van der Waals surface area contributed by atoms with Gasteiger partial charge in [-0.25, -0.2) is 4.98 Å². The van der Waals surface area contributed by atoms with Crippen LogP contribution in [0.4, 0.5) is 0 Å². The van der Waals surface area contributed by atoms with E-state index in [0.717, 1.165) is 34.0 Å². The number of aromatic nitrogens is 2. The average Bonchev–Trinajstić information content (AvgIpc) is 3.02. The van der Waals surface area contributed by atoms with E-state index in [1.54, 1.807) is 11.3 Å². The number of thiophene rings is 1. The van der Waals surface area contributed by atoms with Crippen LogP contribution in [0.3, 0.4) is 0 Å². The number of aliphatic hydroxyl groups excluding tert-OH is 1. The number of aryl methyl sites for hydroxylation is 2. The van der Waals surface area contributed by atoms with E-state index in [1.165, 1.54) is 27.8 Å². The molecule has 0 bridgehead atoms. The molecule has 0 spiro atoms. The van der Waals surface area contributed by atoms with Gasteiger partial charge in [-0.1, -0.05) is 22.0 Å². The van der Waals surface area contributed by atoms with E-state index in [4.69, 9.17) is 4.74 Å². The topological polar surface area (TPSA) is 64.4 Å². The first-order valence-electron chi connectivity index (χ1n) is 8.68. The van der Waals surface area contributed by atoms with Crippen LogP contribution < -0.4 is 10.3 Å². The fourth-order valence-corrected chi connectivity index (χ4v) is 4.94. The number of rotatable bonds is 5. The molecule has 1 atom stereocenters. The third-order valence-corrected chi connectivity index (χ3v) is 6.28. The van der Waals surface area contributed by atoms with Crippen LogP contribution in [0.5, 0.6) is 5.75 Å². The fourth-order valence-electron chi connectivity index (χ4n) is 3.34. The summed E-state index contributed by atoms with van der Waals surface area (Å²) in [5.41, 5.74) is 1.11. The summed E-state index contributed by atoms with van der Waals surface area (Å²) in [5, 5.41) is 11.0. The predicted molar refractivity (Wildman–Crippen MR) is 106 cm³/mol. The summed E-state index contributed by atoms with van der Waals surface area (Å²) in [5.74, 6) is 0.672. The first-order valence-corrected chi connectivity index (χ1v) is 10.3. The Morgan fingerprint density at radius 2 is 2.19 bits per heavy atom. The van der Waals surface area contributed by atoms with Crippen molar-refractivity contribution < 1.29 is 9.84 Å². The Balaban J connectivity index is 1.51. The molecule has 7 heteroatoms. The van der Waals surface area contributed by atoms with Crippen molar-refractivity contribution in [3.8, 4) is 5.75 Å². The molecule has 5 nitrogen and oxygen atoms in total. The van der Waals surface area contributed by atoms with Crippen molar-refractivity contribution in [2.24, 2.45) is 0 Å². The van der Waals surface area contributed by atoms with Crippen LogP contribution in [0.1, 0.15) is 23.3 Å². The van der Waals surface area contributed by atoms with Gasteiger partial charge < -0.3 is 9.84 Å². The van der Waals surface area contributed by atoms with Crippen LogP contribution in [0, 0.1) is 0 Å². The zero-order chi connectivity index (χ0) is 18.1. The summed E-state index contributed by atoms with van der Waals surface area (Å²) in [6.07, 6.45) is 5.04. The number of fused-ring (bicyclic) bond motifs is 3. The van der Waals surface area contributed by atoms with Gasteiger partial charge in [-0.2, -0.15) is 0 Å². The van der Waals surface area contributed by atoms with Crippen LogP contribution in [-0.4, -0.2) is 27.4 Å². The molecule has 3 aromatic rings. The Morgan fingerprint density at radius 1 is 1.35 bits per heavy atom. The highest BCUT2D eigenvalue weighted by atomic mass is 79.9. The molecule has 0 fully saturated rings. The third-order valence-electron chi connectivity index (χ3n) is 4.59. The summed E-state index contributed by atoms with van der Waals surface area (Å²) in [4.78, 5) is 19.5. The Hall–Kier alpha value is -1.70. The van der Waals surface area contributed by atoms with Crippen molar-refractivity contribution in [3.05, 3.63) is 55.9 Å². The minimum atomic E-state index is -0.791. The number of ether oxygens (including phenoxy) is 1. The molecule has 1 aromatic carbocycles.